The fourth-order valence-electron chi connectivity index (χ4n) is 1.72. The molecule has 0 aliphatic heterocycles. The van der Waals surface area contributed by atoms with Crippen LogP contribution >= 0.6 is 23.1 Å². The quantitative estimate of drug-likeness (QED) is 0.669. The molecule has 0 aliphatic rings. The van der Waals surface area contributed by atoms with Crippen LogP contribution in [0.1, 0.15) is 49.9 Å². The first-order valence-corrected chi connectivity index (χ1v) is 8.97. The van der Waals surface area contributed by atoms with Crippen LogP contribution in [0.15, 0.2) is 5.38 Å². The molecule has 1 rings (SSSR count). The molecule has 0 spiro atoms. The van der Waals surface area contributed by atoms with Crippen molar-refractivity contribution < 1.29 is 4.74 Å². The van der Waals surface area contributed by atoms with Gasteiger partial charge in [-0.1, -0.05) is 20.8 Å². The van der Waals surface area contributed by atoms with Gasteiger partial charge < -0.3 is 10.1 Å². The summed E-state index contributed by atoms with van der Waals surface area (Å²) in [5.74, 6) is 2.87. The molecule has 1 heterocycles. The zero-order valence-corrected chi connectivity index (χ0v) is 14.1. The lowest BCUT2D eigenvalue weighted by Gasteiger charge is -2.16. The molecule has 1 aromatic rings. The molecule has 0 fully saturated rings. The van der Waals surface area contributed by atoms with Crippen LogP contribution in [0, 0.1) is 0 Å². The standard InChI is InChI=1S/C14H26N2OS2/c1-5-18-9-6-12(15-7-8-17-4)14-16-13(10-19-14)11(2)3/h10-12,15H,5-9H2,1-4H3. The number of rotatable bonds is 10. The fraction of sp³-hybridized carbons (Fsp3) is 0.786. The normalized spacial score (nSPS) is 13.1. The first-order valence-electron chi connectivity index (χ1n) is 6.94. The summed E-state index contributed by atoms with van der Waals surface area (Å²) >= 11 is 3.77. The van der Waals surface area contributed by atoms with E-state index in [4.69, 9.17) is 9.72 Å². The lowest BCUT2D eigenvalue weighted by Crippen LogP contribution is -2.25. The van der Waals surface area contributed by atoms with Crippen LogP contribution in [0.25, 0.3) is 0 Å². The molecular weight excluding hydrogens is 276 g/mol. The van der Waals surface area contributed by atoms with E-state index >= 15 is 0 Å². The number of thioether (sulfide) groups is 1. The number of methoxy groups -OCH3 is 1. The maximum Gasteiger partial charge on any atom is 0.110 e. The van der Waals surface area contributed by atoms with Crippen molar-refractivity contribution in [2.75, 3.05) is 31.8 Å². The van der Waals surface area contributed by atoms with Crippen molar-refractivity contribution in [2.45, 2.75) is 39.2 Å². The summed E-state index contributed by atoms with van der Waals surface area (Å²) in [5, 5.41) is 6.97. The third kappa shape index (κ3) is 6.25. The molecule has 5 heteroatoms. The van der Waals surface area contributed by atoms with Gasteiger partial charge in [-0.05, 0) is 23.8 Å². The molecule has 1 N–H and O–H groups in total. The second-order valence-corrected chi connectivity index (χ2v) is 7.03. The Morgan fingerprint density at radius 3 is 2.84 bits per heavy atom. The van der Waals surface area contributed by atoms with Crippen LogP contribution in [0.2, 0.25) is 0 Å². The molecule has 1 unspecified atom stereocenters. The van der Waals surface area contributed by atoms with Gasteiger partial charge in [-0.3, -0.25) is 0 Å². The van der Waals surface area contributed by atoms with E-state index in [1.807, 2.05) is 11.8 Å². The molecule has 110 valence electrons. The fourth-order valence-corrected chi connectivity index (χ4v) is 3.50. The van der Waals surface area contributed by atoms with E-state index in [0.717, 1.165) is 19.6 Å². The van der Waals surface area contributed by atoms with E-state index in [9.17, 15) is 0 Å². The van der Waals surface area contributed by atoms with Crippen molar-refractivity contribution in [3.63, 3.8) is 0 Å². The van der Waals surface area contributed by atoms with Crippen LogP contribution in [-0.4, -0.2) is 36.8 Å². The first-order chi connectivity index (χ1) is 9.19. The topological polar surface area (TPSA) is 34.1 Å². The summed E-state index contributed by atoms with van der Waals surface area (Å²) < 4.78 is 5.11. The number of nitrogens with zero attached hydrogens (tertiary/aromatic N) is 1. The van der Waals surface area contributed by atoms with Gasteiger partial charge in [-0.25, -0.2) is 4.98 Å². The smallest absolute Gasteiger partial charge is 0.110 e. The molecule has 0 radical (unpaired) electrons. The minimum absolute atomic E-state index is 0.367. The van der Waals surface area contributed by atoms with Crippen molar-refractivity contribution in [3.8, 4) is 0 Å². The Labute approximate surface area is 125 Å². The Balaban J connectivity index is 2.58. The number of ether oxygens (including phenoxy) is 1. The van der Waals surface area contributed by atoms with Gasteiger partial charge in [0.05, 0.1) is 18.3 Å². The van der Waals surface area contributed by atoms with Gasteiger partial charge in [-0.15, -0.1) is 11.3 Å². The largest absolute Gasteiger partial charge is 0.383 e. The van der Waals surface area contributed by atoms with Gasteiger partial charge in [0.1, 0.15) is 5.01 Å². The van der Waals surface area contributed by atoms with E-state index in [1.165, 1.54) is 22.2 Å². The third-order valence-electron chi connectivity index (χ3n) is 2.88. The predicted molar refractivity (Wildman–Crippen MR) is 86.4 cm³/mol. The highest BCUT2D eigenvalue weighted by Crippen LogP contribution is 2.25. The minimum atomic E-state index is 0.367. The van der Waals surface area contributed by atoms with Gasteiger partial charge >= 0.3 is 0 Å². The summed E-state index contributed by atoms with van der Waals surface area (Å²) in [4.78, 5) is 4.77. The molecule has 3 nitrogen and oxygen atoms in total. The van der Waals surface area contributed by atoms with Crippen molar-refractivity contribution in [1.29, 1.82) is 0 Å². The zero-order valence-electron chi connectivity index (χ0n) is 12.4. The first kappa shape index (κ1) is 17.0. The van der Waals surface area contributed by atoms with Crippen molar-refractivity contribution in [3.05, 3.63) is 16.1 Å². The zero-order chi connectivity index (χ0) is 14.1. The van der Waals surface area contributed by atoms with Gasteiger partial charge in [0, 0.05) is 19.0 Å². The summed E-state index contributed by atoms with van der Waals surface area (Å²) in [6.07, 6.45) is 1.13. The number of hydrogen-bond donors (Lipinski definition) is 1. The molecule has 1 aromatic heterocycles. The van der Waals surface area contributed by atoms with Gasteiger partial charge in [0.2, 0.25) is 0 Å². The Morgan fingerprint density at radius 1 is 1.47 bits per heavy atom. The molecule has 0 saturated heterocycles. The Bertz CT molecular complexity index is 332. The maximum absolute atomic E-state index is 5.11. The number of nitrogens with one attached hydrogen (secondary N) is 1. The lowest BCUT2D eigenvalue weighted by atomic mass is 10.1. The minimum Gasteiger partial charge on any atom is -0.383 e. The summed E-state index contributed by atoms with van der Waals surface area (Å²) in [6, 6.07) is 0.367. The summed E-state index contributed by atoms with van der Waals surface area (Å²) in [5.41, 5.74) is 1.21. The molecule has 0 saturated carbocycles. The van der Waals surface area contributed by atoms with Gasteiger partial charge in [-0.2, -0.15) is 11.8 Å². The highest BCUT2D eigenvalue weighted by atomic mass is 32.2. The van der Waals surface area contributed by atoms with Crippen LogP contribution in [0.3, 0.4) is 0 Å². The van der Waals surface area contributed by atoms with Crippen molar-refractivity contribution in [2.24, 2.45) is 0 Å². The second-order valence-electron chi connectivity index (χ2n) is 4.75. The Kier molecular flexibility index (Phi) is 8.70. The second kappa shape index (κ2) is 9.75. The highest BCUT2D eigenvalue weighted by molar-refractivity contribution is 7.99. The van der Waals surface area contributed by atoms with E-state index in [1.54, 1.807) is 18.4 Å². The van der Waals surface area contributed by atoms with Crippen LogP contribution in [0.4, 0.5) is 0 Å². The van der Waals surface area contributed by atoms with Crippen LogP contribution < -0.4 is 5.32 Å². The SMILES string of the molecule is CCSCCC(NCCOC)c1nc(C(C)C)cs1. The molecule has 19 heavy (non-hydrogen) atoms. The highest BCUT2D eigenvalue weighted by Gasteiger charge is 2.15. The van der Waals surface area contributed by atoms with E-state index in [-0.39, 0.29) is 0 Å². The third-order valence-corrected chi connectivity index (χ3v) is 4.79. The number of hydrogen-bond acceptors (Lipinski definition) is 5. The van der Waals surface area contributed by atoms with Gasteiger partial charge in [0.15, 0.2) is 0 Å². The summed E-state index contributed by atoms with van der Waals surface area (Å²) in [6.45, 7) is 8.23. The van der Waals surface area contributed by atoms with Crippen LogP contribution in [-0.2, 0) is 4.74 Å². The maximum atomic E-state index is 5.11. The molecule has 1 atom stereocenters. The molecule has 0 amide bonds. The van der Waals surface area contributed by atoms with E-state index < -0.39 is 0 Å². The lowest BCUT2D eigenvalue weighted by molar-refractivity contribution is 0.195. The van der Waals surface area contributed by atoms with E-state index in [2.05, 4.69) is 31.5 Å². The van der Waals surface area contributed by atoms with Gasteiger partial charge in [0.25, 0.3) is 0 Å². The Morgan fingerprint density at radius 2 is 2.26 bits per heavy atom. The van der Waals surface area contributed by atoms with Crippen molar-refractivity contribution in [1.82, 2.24) is 10.3 Å². The average Bonchev–Trinajstić information content (AvgIpc) is 2.87. The number of thiazole rings is 1. The number of aromatic nitrogens is 1. The van der Waals surface area contributed by atoms with E-state index in [0.29, 0.717) is 12.0 Å². The Hall–Kier alpha value is -0.100. The molecular formula is C14H26N2OS2. The average molecular weight is 303 g/mol. The monoisotopic (exact) mass is 302 g/mol. The predicted octanol–water partition coefficient (Wildman–Crippen LogP) is 3.69. The molecule has 0 aromatic carbocycles. The van der Waals surface area contributed by atoms with Crippen LogP contribution in [0.5, 0.6) is 0 Å². The van der Waals surface area contributed by atoms with Crippen molar-refractivity contribution >= 4 is 23.1 Å². The molecule has 0 bridgehead atoms. The summed E-state index contributed by atoms with van der Waals surface area (Å²) in [7, 11) is 1.74. The molecule has 0 aliphatic carbocycles.